The van der Waals surface area contributed by atoms with Crippen LogP contribution in [-0.2, 0) is 14.4 Å². The number of benzene rings is 2. The van der Waals surface area contributed by atoms with Crippen LogP contribution in [-0.4, -0.2) is 28.4 Å². The smallest absolute Gasteiger partial charge is 0.243 e. The van der Waals surface area contributed by atoms with Crippen LogP contribution < -0.4 is 10.8 Å². The summed E-state index contributed by atoms with van der Waals surface area (Å²) in [5, 5.41) is 5.48. The van der Waals surface area contributed by atoms with E-state index in [2.05, 4.69) is 53.9 Å². The Kier molecular flexibility index (Phi) is 11.7. The molecule has 1 atom stereocenters. The van der Waals surface area contributed by atoms with Crippen molar-refractivity contribution in [1.29, 1.82) is 0 Å². The number of H-pyrrole nitrogens is 1. The molecule has 36 heavy (non-hydrogen) atoms. The minimum atomic E-state index is -0.180. The first-order valence-electron chi connectivity index (χ1n) is 13.7. The number of nitrogens with one attached hydrogen (secondary N) is 3. The number of hydrogen-bond donors (Lipinski definition) is 3. The van der Waals surface area contributed by atoms with E-state index >= 15 is 0 Å². The minimum absolute atomic E-state index is 0.0741. The summed E-state index contributed by atoms with van der Waals surface area (Å²) in [6.45, 7) is 4.81. The molecule has 0 radical (unpaired) electrons. The van der Waals surface area contributed by atoms with E-state index < -0.39 is 0 Å². The lowest BCUT2D eigenvalue weighted by atomic mass is 10.1. The Balaban J connectivity index is 1.59. The Morgan fingerprint density at radius 3 is 2.44 bits per heavy atom. The summed E-state index contributed by atoms with van der Waals surface area (Å²) in [6, 6.07) is 12.2. The van der Waals surface area contributed by atoms with Crippen molar-refractivity contribution < 1.29 is 14.4 Å². The summed E-state index contributed by atoms with van der Waals surface area (Å²) in [6.07, 6.45) is 10.6. The molecule has 0 spiro atoms. The zero-order valence-corrected chi connectivity index (χ0v) is 21.9. The summed E-state index contributed by atoms with van der Waals surface area (Å²) in [4.78, 5) is 38.2. The number of rotatable bonds is 17. The normalized spacial score (nSPS) is 12.2. The summed E-state index contributed by atoms with van der Waals surface area (Å²) in [5.74, 6) is 0.794. The van der Waals surface area contributed by atoms with Gasteiger partial charge in [0, 0.05) is 18.2 Å². The van der Waals surface area contributed by atoms with Gasteiger partial charge in [0.05, 0.1) is 23.7 Å². The standard InChI is InChI=1S/C29H42N4O3/c1-3-5-7-10-17-26(34)30-25(16-9-8-11-18-27(35)33-36-21-6-4-2)29-31-24-20-19-22-14-12-13-15-23(22)28(24)32-29/h12-15,19-20,25H,3-11,16-18,21H2,1-2H3,(H,30,34)(H,31,32)(H,33,35)/t25-/m0/s1. The first-order chi connectivity index (χ1) is 17.6. The molecule has 1 heterocycles. The average molecular weight is 495 g/mol. The molecule has 0 saturated heterocycles. The largest absolute Gasteiger partial charge is 0.346 e. The third kappa shape index (κ3) is 8.63. The van der Waals surface area contributed by atoms with E-state index in [1.165, 1.54) is 0 Å². The number of nitrogens with zero attached hydrogens (tertiary/aromatic N) is 1. The van der Waals surface area contributed by atoms with Crippen LogP contribution in [0.1, 0.15) is 103 Å². The molecule has 3 aromatic rings. The Labute approximate surface area is 214 Å². The second-order valence-electron chi connectivity index (χ2n) is 9.56. The van der Waals surface area contributed by atoms with Gasteiger partial charge in [-0.25, -0.2) is 10.5 Å². The fourth-order valence-corrected chi connectivity index (χ4v) is 4.39. The van der Waals surface area contributed by atoms with E-state index in [0.29, 0.717) is 19.4 Å². The second-order valence-corrected chi connectivity index (χ2v) is 9.56. The fourth-order valence-electron chi connectivity index (χ4n) is 4.39. The molecule has 0 bridgehead atoms. The number of fused-ring (bicyclic) bond motifs is 3. The van der Waals surface area contributed by atoms with E-state index in [4.69, 9.17) is 9.82 Å². The molecule has 3 rings (SSSR count). The second kappa shape index (κ2) is 15.2. The molecule has 196 valence electrons. The van der Waals surface area contributed by atoms with Gasteiger partial charge >= 0.3 is 0 Å². The Bertz CT molecular complexity index is 1090. The highest BCUT2D eigenvalue weighted by Gasteiger charge is 2.19. The number of hydrogen-bond acceptors (Lipinski definition) is 4. The van der Waals surface area contributed by atoms with Crippen LogP contribution >= 0.6 is 0 Å². The highest BCUT2D eigenvalue weighted by atomic mass is 16.6. The zero-order chi connectivity index (χ0) is 25.6. The van der Waals surface area contributed by atoms with Crippen LogP contribution in [0.15, 0.2) is 36.4 Å². The molecule has 7 nitrogen and oxygen atoms in total. The molecular formula is C29H42N4O3. The van der Waals surface area contributed by atoms with Crippen molar-refractivity contribution in [2.75, 3.05) is 6.61 Å². The van der Waals surface area contributed by atoms with Crippen molar-refractivity contribution in [3.63, 3.8) is 0 Å². The molecule has 0 aliphatic carbocycles. The van der Waals surface area contributed by atoms with E-state index in [0.717, 1.165) is 91.8 Å². The molecule has 3 N–H and O–H groups in total. The summed E-state index contributed by atoms with van der Waals surface area (Å²) < 4.78 is 0. The number of carbonyl (C=O) groups excluding carboxylic acids is 2. The third-order valence-corrected chi connectivity index (χ3v) is 6.50. The molecule has 2 aromatic carbocycles. The molecule has 0 aliphatic rings. The summed E-state index contributed by atoms with van der Waals surface area (Å²) in [5.41, 5.74) is 4.43. The number of carbonyl (C=O) groups is 2. The lowest BCUT2D eigenvalue weighted by Crippen LogP contribution is -2.29. The van der Waals surface area contributed by atoms with Crippen LogP contribution in [0.3, 0.4) is 0 Å². The first kappa shape index (κ1) is 27.7. The van der Waals surface area contributed by atoms with Gasteiger partial charge in [-0.05, 0) is 37.1 Å². The van der Waals surface area contributed by atoms with Gasteiger partial charge in [0.25, 0.3) is 0 Å². The maximum Gasteiger partial charge on any atom is 0.243 e. The average Bonchev–Trinajstić information content (AvgIpc) is 3.33. The predicted molar refractivity (Wildman–Crippen MR) is 145 cm³/mol. The van der Waals surface area contributed by atoms with Crippen molar-refractivity contribution in [2.24, 2.45) is 0 Å². The fraction of sp³-hybridized carbons (Fsp3) is 0.552. The number of hydroxylamine groups is 1. The van der Waals surface area contributed by atoms with Gasteiger partial charge in [-0.15, -0.1) is 0 Å². The van der Waals surface area contributed by atoms with Gasteiger partial charge in [0.1, 0.15) is 5.82 Å². The Hall–Kier alpha value is -2.93. The van der Waals surface area contributed by atoms with Crippen LogP contribution in [0.5, 0.6) is 0 Å². The molecule has 7 heteroatoms. The molecule has 0 saturated carbocycles. The number of amides is 2. The van der Waals surface area contributed by atoms with Gasteiger partial charge in [0.15, 0.2) is 0 Å². The van der Waals surface area contributed by atoms with Crippen molar-refractivity contribution >= 4 is 33.6 Å². The van der Waals surface area contributed by atoms with E-state index in [9.17, 15) is 9.59 Å². The lowest BCUT2D eigenvalue weighted by Gasteiger charge is -2.17. The monoisotopic (exact) mass is 494 g/mol. The quantitative estimate of drug-likeness (QED) is 0.145. The number of imidazole rings is 1. The van der Waals surface area contributed by atoms with Gasteiger partial charge in [0.2, 0.25) is 11.8 Å². The van der Waals surface area contributed by atoms with Gasteiger partial charge in [-0.3, -0.25) is 14.4 Å². The van der Waals surface area contributed by atoms with Gasteiger partial charge < -0.3 is 10.3 Å². The van der Waals surface area contributed by atoms with Crippen LogP contribution in [0.4, 0.5) is 0 Å². The van der Waals surface area contributed by atoms with E-state index in [1.54, 1.807) is 0 Å². The topological polar surface area (TPSA) is 96.1 Å². The zero-order valence-electron chi connectivity index (χ0n) is 21.9. The molecule has 0 fully saturated rings. The first-order valence-corrected chi connectivity index (χ1v) is 13.7. The van der Waals surface area contributed by atoms with E-state index in [1.807, 2.05) is 12.1 Å². The lowest BCUT2D eigenvalue weighted by molar-refractivity contribution is -0.133. The Morgan fingerprint density at radius 2 is 1.64 bits per heavy atom. The molecule has 0 unspecified atom stereocenters. The Morgan fingerprint density at radius 1 is 0.889 bits per heavy atom. The highest BCUT2D eigenvalue weighted by Crippen LogP contribution is 2.27. The molecular weight excluding hydrogens is 452 g/mol. The van der Waals surface area contributed by atoms with Crippen LogP contribution in [0.25, 0.3) is 21.8 Å². The maximum absolute atomic E-state index is 12.7. The third-order valence-electron chi connectivity index (χ3n) is 6.50. The number of aromatic amines is 1. The number of aromatic nitrogens is 2. The van der Waals surface area contributed by atoms with Gasteiger partial charge in [-0.1, -0.05) is 82.7 Å². The molecule has 2 amide bonds. The van der Waals surface area contributed by atoms with Crippen molar-refractivity contribution in [2.45, 2.75) is 96.9 Å². The predicted octanol–water partition coefficient (Wildman–Crippen LogP) is 6.64. The van der Waals surface area contributed by atoms with Crippen molar-refractivity contribution in [3.05, 3.63) is 42.2 Å². The summed E-state index contributed by atoms with van der Waals surface area (Å²) >= 11 is 0. The van der Waals surface area contributed by atoms with Crippen molar-refractivity contribution in [3.8, 4) is 0 Å². The highest BCUT2D eigenvalue weighted by molar-refractivity contribution is 6.04. The van der Waals surface area contributed by atoms with E-state index in [-0.39, 0.29) is 17.9 Å². The number of unbranched alkanes of at least 4 members (excludes halogenated alkanes) is 6. The van der Waals surface area contributed by atoms with Crippen molar-refractivity contribution in [1.82, 2.24) is 20.8 Å². The van der Waals surface area contributed by atoms with Gasteiger partial charge in [-0.2, -0.15) is 0 Å². The molecule has 0 aliphatic heterocycles. The molecule has 1 aromatic heterocycles. The van der Waals surface area contributed by atoms with Crippen LogP contribution in [0.2, 0.25) is 0 Å². The minimum Gasteiger partial charge on any atom is -0.346 e. The maximum atomic E-state index is 12.7. The SMILES string of the molecule is CCCCCCC(=O)N[C@@H](CCCCCC(=O)NOCCCC)c1nc2c(ccc3ccccc32)[nH]1. The summed E-state index contributed by atoms with van der Waals surface area (Å²) in [7, 11) is 0. The van der Waals surface area contributed by atoms with Crippen LogP contribution in [0, 0.1) is 0 Å².